The Morgan fingerprint density at radius 3 is 2.46 bits per heavy atom. The lowest BCUT2D eigenvalue weighted by atomic mass is 9.93. The van der Waals surface area contributed by atoms with E-state index in [4.69, 9.17) is 0 Å². The second kappa shape index (κ2) is 21.4. The van der Waals surface area contributed by atoms with Gasteiger partial charge in [0.15, 0.2) is 0 Å². The van der Waals surface area contributed by atoms with Crippen LogP contribution in [0.1, 0.15) is 88.0 Å². The fourth-order valence-electron chi connectivity index (χ4n) is 7.52. The van der Waals surface area contributed by atoms with E-state index in [1.807, 2.05) is 12.2 Å². The van der Waals surface area contributed by atoms with Crippen LogP contribution in [0.3, 0.4) is 0 Å². The van der Waals surface area contributed by atoms with Gasteiger partial charge in [-0.1, -0.05) is 177 Å². The van der Waals surface area contributed by atoms with Crippen molar-refractivity contribution in [1.29, 1.82) is 0 Å². The van der Waals surface area contributed by atoms with E-state index < -0.39 is 0 Å². The molecule has 0 saturated carbocycles. The minimum Gasteiger partial charge on any atom is -0.335 e. The van der Waals surface area contributed by atoms with Crippen molar-refractivity contribution in [3.8, 4) is 0 Å². The van der Waals surface area contributed by atoms with Gasteiger partial charge in [0.1, 0.15) is 0 Å². The maximum absolute atomic E-state index is 4.36. The van der Waals surface area contributed by atoms with Gasteiger partial charge in [-0.25, -0.2) is 0 Å². The summed E-state index contributed by atoms with van der Waals surface area (Å²) >= 11 is 0. The molecule has 0 N–H and O–H groups in total. The molecule has 2 bridgehead atoms. The summed E-state index contributed by atoms with van der Waals surface area (Å²) in [5, 5.41) is 2.20. The first-order chi connectivity index (χ1) is 27.7. The highest BCUT2D eigenvalue weighted by Gasteiger charge is 2.22. The number of nitrogens with zero attached hydrogens (tertiary/aromatic N) is 1. The summed E-state index contributed by atoms with van der Waals surface area (Å²) in [5.41, 5.74) is 14.7. The second-order valence-electron chi connectivity index (χ2n) is 15.1. The third-order valence-corrected chi connectivity index (χ3v) is 10.7. The van der Waals surface area contributed by atoms with Crippen molar-refractivity contribution in [2.45, 2.75) is 78.7 Å². The van der Waals surface area contributed by atoms with Crippen molar-refractivity contribution in [3.05, 3.63) is 232 Å². The Morgan fingerprint density at radius 1 is 0.877 bits per heavy atom. The molecule has 2 aromatic rings. The van der Waals surface area contributed by atoms with Crippen LogP contribution in [0.25, 0.3) is 29.9 Å². The van der Waals surface area contributed by atoms with Gasteiger partial charge in [0.25, 0.3) is 0 Å². The van der Waals surface area contributed by atoms with Crippen LogP contribution in [0.15, 0.2) is 199 Å². The summed E-state index contributed by atoms with van der Waals surface area (Å²) in [6, 6.07) is 22.2. The molecule has 3 aliphatic rings. The van der Waals surface area contributed by atoms with E-state index in [0.29, 0.717) is 0 Å². The molecule has 3 aliphatic carbocycles. The normalized spacial score (nSPS) is 16.3. The first kappa shape index (κ1) is 42.2. The molecule has 0 aliphatic heterocycles. The summed E-state index contributed by atoms with van der Waals surface area (Å²) in [5.74, 6) is 0. The maximum Gasteiger partial charge on any atom is 0.0525 e. The van der Waals surface area contributed by atoms with E-state index in [0.717, 1.165) is 61.1 Å². The average molecular weight is 748 g/mol. The number of allylic oxidation sites excluding steroid dienone is 19. The number of hydrogen-bond donors (Lipinski definition) is 0. The highest BCUT2D eigenvalue weighted by molar-refractivity contribution is 5.82. The van der Waals surface area contributed by atoms with Crippen LogP contribution >= 0.6 is 0 Å². The van der Waals surface area contributed by atoms with Gasteiger partial charge >= 0.3 is 0 Å². The molecule has 5 rings (SSSR count). The summed E-state index contributed by atoms with van der Waals surface area (Å²) in [6.45, 7) is 25.6. The van der Waals surface area contributed by atoms with Crippen LogP contribution in [0.2, 0.25) is 0 Å². The first-order valence-corrected chi connectivity index (χ1v) is 20.6. The number of fused-ring (bicyclic) bond motifs is 2. The Bertz CT molecular complexity index is 2330. The van der Waals surface area contributed by atoms with Gasteiger partial charge in [-0.3, -0.25) is 0 Å². The van der Waals surface area contributed by atoms with Crippen molar-refractivity contribution in [2.24, 2.45) is 0 Å². The largest absolute Gasteiger partial charge is 0.335 e. The molecule has 1 atom stereocenters. The molecular formula is C56H61N. The van der Waals surface area contributed by atoms with Crippen molar-refractivity contribution in [2.75, 3.05) is 0 Å². The van der Waals surface area contributed by atoms with Crippen molar-refractivity contribution < 1.29 is 0 Å². The van der Waals surface area contributed by atoms with Gasteiger partial charge in [0.2, 0.25) is 0 Å². The topological polar surface area (TPSA) is 3.24 Å². The van der Waals surface area contributed by atoms with E-state index >= 15 is 0 Å². The van der Waals surface area contributed by atoms with Gasteiger partial charge in [0.05, 0.1) is 6.04 Å². The molecule has 290 valence electrons. The molecule has 1 unspecified atom stereocenters. The van der Waals surface area contributed by atoms with Crippen LogP contribution in [-0.4, -0.2) is 10.9 Å². The molecule has 0 aromatic heterocycles. The molecule has 0 saturated heterocycles. The number of hydrogen-bond acceptors (Lipinski definition) is 1. The summed E-state index contributed by atoms with van der Waals surface area (Å²) < 4.78 is 0. The summed E-state index contributed by atoms with van der Waals surface area (Å²) in [4.78, 5) is 2.34. The minimum absolute atomic E-state index is 0.161. The fourth-order valence-corrected chi connectivity index (χ4v) is 7.52. The summed E-state index contributed by atoms with van der Waals surface area (Å²) in [7, 11) is 0. The quantitative estimate of drug-likeness (QED) is 0.130. The lowest BCUT2D eigenvalue weighted by Gasteiger charge is -2.36. The minimum atomic E-state index is 0.161. The molecule has 0 radical (unpaired) electrons. The first-order valence-electron chi connectivity index (χ1n) is 20.6. The van der Waals surface area contributed by atoms with Crippen LogP contribution in [0.4, 0.5) is 0 Å². The molecule has 0 spiro atoms. The molecule has 1 nitrogen and oxygen atoms in total. The molecule has 57 heavy (non-hydrogen) atoms. The van der Waals surface area contributed by atoms with E-state index in [2.05, 4.69) is 205 Å². The Hall–Kier alpha value is -5.92. The van der Waals surface area contributed by atoms with E-state index in [-0.39, 0.29) is 6.04 Å². The van der Waals surface area contributed by atoms with Crippen molar-refractivity contribution >= 4 is 29.9 Å². The molecule has 0 heterocycles. The highest BCUT2D eigenvalue weighted by atomic mass is 15.2. The zero-order chi connectivity index (χ0) is 40.6. The monoisotopic (exact) mass is 747 g/mol. The Labute approximate surface area is 344 Å². The number of benzene rings is 1. The van der Waals surface area contributed by atoms with Crippen LogP contribution < -0.4 is 10.4 Å². The predicted octanol–water partition coefficient (Wildman–Crippen LogP) is 13.9. The zero-order valence-corrected chi connectivity index (χ0v) is 34.8. The Balaban J connectivity index is 1.36. The van der Waals surface area contributed by atoms with Crippen LogP contribution in [0, 0.1) is 6.92 Å². The van der Waals surface area contributed by atoms with Gasteiger partial charge in [-0.2, -0.15) is 0 Å². The van der Waals surface area contributed by atoms with E-state index in [1.54, 1.807) is 0 Å². The second-order valence-corrected chi connectivity index (χ2v) is 15.1. The van der Waals surface area contributed by atoms with Crippen molar-refractivity contribution in [3.63, 3.8) is 0 Å². The molecule has 0 fully saturated rings. The highest BCUT2D eigenvalue weighted by Crippen LogP contribution is 2.32. The molecule has 0 amide bonds. The zero-order valence-electron chi connectivity index (χ0n) is 34.8. The third-order valence-electron chi connectivity index (χ3n) is 10.7. The smallest absolute Gasteiger partial charge is 0.0525 e. The maximum atomic E-state index is 4.36. The summed E-state index contributed by atoms with van der Waals surface area (Å²) in [6.07, 6.45) is 42.2. The van der Waals surface area contributed by atoms with E-state index in [1.165, 1.54) is 61.4 Å². The number of aryl methyl sites for hydroxylation is 1. The molecule has 2 aromatic carbocycles. The van der Waals surface area contributed by atoms with Crippen LogP contribution in [0.5, 0.6) is 0 Å². The average Bonchev–Trinajstić information content (AvgIpc) is 3.55. The molecular weight excluding hydrogens is 687 g/mol. The Morgan fingerprint density at radius 2 is 1.70 bits per heavy atom. The standard InChI is InChI=1S/C56H61N/c1-9-12-15-24-50-35-36-52(38-44(50)6)54-34-31-48-39-49(41-54)30-33-53(40-48)51-25-19-18-22-47(37-42(4)29-32-51)23-20-21-43(5)56(28-13-10-2)46(8)57(45(7)11-3)55-26-16-14-17-27-55/h10-12,15-16,18-20,22-27,29-38,40-41,46H,2-3,6-7,9,13-14,17,21,28,39H2,1,4-5,8H3/b15-12-,19-18?,22-18?,23-20+,25-19?,32-29?,42-29?,42-37?,47-22?,47-37?,50-24-,51-25?,51-32?,56-43-. The molecule has 1 heteroatoms. The van der Waals surface area contributed by atoms with Gasteiger partial charge < -0.3 is 4.90 Å². The van der Waals surface area contributed by atoms with Gasteiger partial charge in [-0.15, -0.1) is 6.58 Å². The Kier molecular flexibility index (Phi) is 15.9. The SMILES string of the molecule is C=CCC/C(=C(\C)C/C=C/c1ccccc(C2=CC3=CC=C(c4cc/c(=C/C=C\CC)c(=C)c4)C=C(C=C2)C3)ccc(C)c1)C(C)N(C(=C)C=C)C1=CCCC=C1. The number of rotatable bonds is 15. The van der Waals surface area contributed by atoms with Crippen molar-refractivity contribution in [1.82, 2.24) is 4.90 Å². The third kappa shape index (κ3) is 12.0. The lowest BCUT2D eigenvalue weighted by Crippen LogP contribution is -2.33. The van der Waals surface area contributed by atoms with Gasteiger partial charge in [0, 0.05) is 11.4 Å². The lowest BCUT2D eigenvalue weighted by molar-refractivity contribution is 0.379. The van der Waals surface area contributed by atoms with Crippen LogP contribution in [-0.2, 0) is 0 Å². The predicted molar refractivity (Wildman–Crippen MR) is 253 cm³/mol. The fraction of sp³-hybridized carbons (Fsp3) is 0.214. The van der Waals surface area contributed by atoms with E-state index in [9.17, 15) is 0 Å². The van der Waals surface area contributed by atoms with Gasteiger partial charge in [-0.05, 0) is 139 Å².